The van der Waals surface area contributed by atoms with Crippen LogP contribution in [-0.4, -0.2) is 26.4 Å². The van der Waals surface area contributed by atoms with Gasteiger partial charge in [-0.1, -0.05) is 67.5 Å². The van der Waals surface area contributed by atoms with E-state index in [9.17, 15) is 0 Å². The molecule has 0 aliphatic heterocycles. The zero-order valence-corrected chi connectivity index (χ0v) is 29.0. The first-order chi connectivity index (χ1) is 19.0. The summed E-state index contributed by atoms with van der Waals surface area (Å²) in [5.74, 6) is 5.60. The van der Waals surface area contributed by atoms with Crippen LogP contribution in [0.5, 0.6) is 23.0 Å². The van der Waals surface area contributed by atoms with E-state index in [0.29, 0.717) is 50.1 Å². The molecule has 0 aliphatic carbocycles. The molecule has 0 heterocycles. The summed E-state index contributed by atoms with van der Waals surface area (Å²) in [6.07, 6.45) is 8.15. The predicted octanol–water partition coefficient (Wildman–Crippen LogP) is 11.1. The van der Waals surface area contributed by atoms with E-state index in [1.807, 2.05) is 12.1 Å². The van der Waals surface area contributed by atoms with Crippen molar-refractivity contribution in [1.82, 2.24) is 0 Å². The topological polar surface area (TPSA) is 36.9 Å². The van der Waals surface area contributed by atoms with Crippen LogP contribution in [0.15, 0.2) is 33.2 Å². The van der Waals surface area contributed by atoms with E-state index in [1.54, 1.807) is 0 Å². The molecule has 0 fully saturated rings. The lowest BCUT2D eigenvalue weighted by Crippen LogP contribution is -2.05. The minimum absolute atomic E-state index is 0.573. The van der Waals surface area contributed by atoms with Gasteiger partial charge in [0.2, 0.25) is 0 Å². The van der Waals surface area contributed by atoms with Crippen LogP contribution >= 0.6 is 31.9 Å². The Morgan fingerprint density at radius 1 is 0.475 bits per heavy atom. The Hall–Kier alpha value is -1.66. The van der Waals surface area contributed by atoms with Gasteiger partial charge in [-0.25, -0.2) is 0 Å². The summed E-state index contributed by atoms with van der Waals surface area (Å²) in [5, 5.41) is 0. The molecule has 2 rings (SSSR count). The molecule has 0 amide bonds. The largest absolute Gasteiger partial charge is 0.493 e. The van der Waals surface area contributed by atoms with Crippen molar-refractivity contribution in [2.45, 2.75) is 81.1 Å². The summed E-state index contributed by atoms with van der Waals surface area (Å²) in [6.45, 7) is 20.3. The minimum atomic E-state index is 0.573. The van der Waals surface area contributed by atoms with Crippen LogP contribution in [-0.2, 0) is 0 Å². The molecule has 0 spiro atoms. The molecule has 0 bridgehead atoms. The summed E-state index contributed by atoms with van der Waals surface area (Å²) in [7, 11) is 0. The number of halogens is 2. The SMILES string of the molecule is CC(C)CCOc1cc(C=Cc2cc(OCCC(C)C)c(Br)cc2OCCC(C)C)c(OCCC(C)C)cc1Br. The third-order valence-corrected chi connectivity index (χ3v) is 7.62. The molecule has 6 heteroatoms. The Bertz CT molecular complexity index is 977. The van der Waals surface area contributed by atoms with Crippen LogP contribution < -0.4 is 18.9 Å². The standard InChI is InChI=1S/C34H50Br2O4/c1-23(2)11-15-37-31-21-29(35)33(39-17-13-25(5)6)19-27(31)9-10-28-20-34(40-18-14-26(7)8)30(36)22-32(28)38-16-12-24(3)4/h9-10,19-26H,11-18H2,1-8H3. The van der Waals surface area contributed by atoms with Crippen LogP contribution in [0.2, 0.25) is 0 Å². The van der Waals surface area contributed by atoms with Crippen molar-refractivity contribution >= 4 is 44.0 Å². The van der Waals surface area contributed by atoms with E-state index in [0.717, 1.165) is 68.8 Å². The number of benzene rings is 2. The molecule has 4 nitrogen and oxygen atoms in total. The van der Waals surface area contributed by atoms with Gasteiger partial charge in [0.25, 0.3) is 0 Å². The zero-order valence-electron chi connectivity index (χ0n) is 25.8. The Balaban J connectivity index is 2.43. The predicted molar refractivity (Wildman–Crippen MR) is 177 cm³/mol. The van der Waals surface area contributed by atoms with E-state index in [4.69, 9.17) is 18.9 Å². The molecule has 2 aromatic carbocycles. The molecule has 224 valence electrons. The molecule has 0 N–H and O–H groups in total. The Labute approximate surface area is 260 Å². The molecule has 0 atom stereocenters. The van der Waals surface area contributed by atoms with Crippen LogP contribution in [0.4, 0.5) is 0 Å². The highest BCUT2D eigenvalue weighted by atomic mass is 79.9. The summed E-state index contributed by atoms with van der Waals surface area (Å²) in [6, 6.07) is 8.16. The third kappa shape index (κ3) is 12.9. The van der Waals surface area contributed by atoms with Gasteiger partial charge in [0, 0.05) is 11.1 Å². The smallest absolute Gasteiger partial charge is 0.134 e. The van der Waals surface area contributed by atoms with Crippen molar-refractivity contribution in [3.63, 3.8) is 0 Å². The lowest BCUT2D eigenvalue weighted by atomic mass is 10.1. The van der Waals surface area contributed by atoms with E-state index in [1.165, 1.54) is 0 Å². The normalized spacial score (nSPS) is 11.8. The average molecular weight is 683 g/mol. The van der Waals surface area contributed by atoms with Crippen molar-refractivity contribution < 1.29 is 18.9 Å². The molecule has 2 aromatic rings. The minimum Gasteiger partial charge on any atom is -0.493 e. The van der Waals surface area contributed by atoms with Gasteiger partial charge < -0.3 is 18.9 Å². The quantitative estimate of drug-likeness (QED) is 0.147. The second-order valence-corrected chi connectivity index (χ2v) is 13.8. The van der Waals surface area contributed by atoms with E-state index in [2.05, 4.69) is 112 Å². The molecule has 0 aromatic heterocycles. The van der Waals surface area contributed by atoms with Gasteiger partial charge in [-0.05, 0) is 105 Å². The van der Waals surface area contributed by atoms with Crippen molar-refractivity contribution in [2.75, 3.05) is 26.4 Å². The molecule has 0 unspecified atom stereocenters. The van der Waals surface area contributed by atoms with Gasteiger partial charge in [0.15, 0.2) is 0 Å². The first-order valence-electron chi connectivity index (χ1n) is 14.8. The van der Waals surface area contributed by atoms with Gasteiger partial charge in [0.1, 0.15) is 23.0 Å². The number of ether oxygens (including phenoxy) is 4. The van der Waals surface area contributed by atoms with Gasteiger partial charge >= 0.3 is 0 Å². The molecular formula is C34H50Br2O4. The van der Waals surface area contributed by atoms with Crippen molar-refractivity contribution in [2.24, 2.45) is 23.7 Å². The van der Waals surface area contributed by atoms with Crippen LogP contribution in [0.3, 0.4) is 0 Å². The fraction of sp³-hybridized carbons (Fsp3) is 0.588. The highest BCUT2D eigenvalue weighted by Crippen LogP contribution is 2.37. The molecule has 0 saturated heterocycles. The Morgan fingerprint density at radius 3 is 1.02 bits per heavy atom. The fourth-order valence-electron chi connectivity index (χ4n) is 3.63. The summed E-state index contributed by atoms with van der Waals surface area (Å²) < 4.78 is 26.6. The van der Waals surface area contributed by atoms with E-state index < -0.39 is 0 Å². The second kappa shape index (κ2) is 18.0. The highest BCUT2D eigenvalue weighted by molar-refractivity contribution is 9.10. The van der Waals surface area contributed by atoms with E-state index >= 15 is 0 Å². The van der Waals surface area contributed by atoms with Gasteiger partial charge in [-0.2, -0.15) is 0 Å². The summed E-state index contributed by atoms with van der Waals surface area (Å²) in [5.41, 5.74) is 1.93. The molecular weight excluding hydrogens is 632 g/mol. The second-order valence-electron chi connectivity index (χ2n) is 12.1. The third-order valence-electron chi connectivity index (χ3n) is 6.38. The van der Waals surface area contributed by atoms with Gasteiger partial charge in [0.05, 0.1) is 35.4 Å². The highest BCUT2D eigenvalue weighted by Gasteiger charge is 2.13. The summed E-state index contributed by atoms with van der Waals surface area (Å²) in [4.78, 5) is 0. The maximum Gasteiger partial charge on any atom is 0.134 e. The summed E-state index contributed by atoms with van der Waals surface area (Å²) >= 11 is 7.40. The lowest BCUT2D eigenvalue weighted by molar-refractivity contribution is 0.280. The number of hydrogen-bond acceptors (Lipinski definition) is 4. The first kappa shape index (κ1) is 34.5. The number of rotatable bonds is 18. The van der Waals surface area contributed by atoms with Crippen molar-refractivity contribution in [1.29, 1.82) is 0 Å². The molecule has 0 saturated carbocycles. The molecule has 40 heavy (non-hydrogen) atoms. The van der Waals surface area contributed by atoms with Crippen molar-refractivity contribution in [3.8, 4) is 23.0 Å². The van der Waals surface area contributed by atoms with Gasteiger partial charge in [-0.15, -0.1) is 0 Å². The molecule has 0 radical (unpaired) electrons. The van der Waals surface area contributed by atoms with Gasteiger partial charge in [-0.3, -0.25) is 0 Å². The van der Waals surface area contributed by atoms with Crippen molar-refractivity contribution in [3.05, 3.63) is 44.3 Å². The van der Waals surface area contributed by atoms with E-state index in [-0.39, 0.29) is 0 Å². The molecule has 0 aliphatic rings. The van der Waals surface area contributed by atoms with Crippen LogP contribution in [0.1, 0.15) is 92.2 Å². The monoisotopic (exact) mass is 680 g/mol. The lowest BCUT2D eigenvalue weighted by Gasteiger charge is -2.16. The number of hydrogen-bond donors (Lipinski definition) is 0. The average Bonchev–Trinajstić information content (AvgIpc) is 2.85. The maximum atomic E-state index is 6.25. The Kier molecular flexibility index (Phi) is 15.5. The first-order valence-corrected chi connectivity index (χ1v) is 16.4. The van der Waals surface area contributed by atoms with Crippen LogP contribution in [0.25, 0.3) is 12.2 Å². The fourth-order valence-corrected chi connectivity index (χ4v) is 4.51. The van der Waals surface area contributed by atoms with Crippen LogP contribution in [0, 0.1) is 23.7 Å². The maximum absolute atomic E-state index is 6.25. The Morgan fingerprint density at radius 2 is 0.750 bits per heavy atom. The zero-order chi connectivity index (χ0) is 29.7.